The number of unbranched alkanes of at least 4 members (excludes halogenated alkanes) is 3. The van der Waals surface area contributed by atoms with Gasteiger partial charge in [0, 0.05) is 24.4 Å². The minimum atomic E-state index is -0.241. The second-order valence-electron chi connectivity index (χ2n) is 9.68. The van der Waals surface area contributed by atoms with Crippen LogP contribution in [0.4, 0.5) is 0 Å². The van der Waals surface area contributed by atoms with Gasteiger partial charge >= 0.3 is 11.9 Å². The van der Waals surface area contributed by atoms with Gasteiger partial charge in [0.2, 0.25) is 0 Å². The molecule has 4 nitrogen and oxygen atoms in total. The Kier molecular flexibility index (Phi) is 12.0. The number of allylic oxidation sites excluding steroid dienone is 1. The van der Waals surface area contributed by atoms with Gasteiger partial charge in [-0.25, -0.2) is 0 Å². The monoisotopic (exact) mass is 626 g/mol. The van der Waals surface area contributed by atoms with E-state index in [1.165, 1.54) is 45.9 Å². The predicted octanol–water partition coefficient (Wildman–Crippen LogP) is 10.3. The van der Waals surface area contributed by atoms with Crippen molar-refractivity contribution in [3.8, 4) is 29.3 Å². The number of thiophene rings is 4. The summed E-state index contributed by atoms with van der Waals surface area (Å²) < 4.78 is 10.7. The molecule has 8 heteroatoms. The Morgan fingerprint density at radius 1 is 0.732 bits per heavy atom. The topological polar surface area (TPSA) is 52.6 Å². The molecular weight excluding hydrogens is 589 g/mol. The highest BCUT2D eigenvalue weighted by Gasteiger charge is 2.24. The van der Waals surface area contributed by atoms with E-state index in [0.29, 0.717) is 13.2 Å². The summed E-state index contributed by atoms with van der Waals surface area (Å²) in [6.45, 7) is 8.61. The maximum Gasteiger partial charge on any atom is 0.310 e. The van der Waals surface area contributed by atoms with Crippen LogP contribution in [0.15, 0.2) is 41.1 Å². The summed E-state index contributed by atoms with van der Waals surface area (Å²) in [6, 6.07) is 8.67. The molecule has 0 saturated carbocycles. The fourth-order valence-electron chi connectivity index (χ4n) is 4.78. The Labute approximate surface area is 259 Å². The van der Waals surface area contributed by atoms with Crippen LogP contribution in [0.25, 0.3) is 35.3 Å². The average Bonchev–Trinajstić information content (AvgIpc) is 3.74. The van der Waals surface area contributed by atoms with Crippen LogP contribution in [0.1, 0.15) is 75.6 Å². The van der Waals surface area contributed by atoms with Crippen molar-refractivity contribution in [3.63, 3.8) is 0 Å². The number of carbonyl (C=O) groups excluding carboxylic acids is 2. The Hall–Kier alpha value is -2.52. The third-order valence-electron chi connectivity index (χ3n) is 6.64. The van der Waals surface area contributed by atoms with Crippen LogP contribution < -0.4 is 0 Å². The molecule has 0 bridgehead atoms. The molecule has 4 heterocycles. The number of esters is 2. The predicted molar refractivity (Wildman–Crippen MR) is 177 cm³/mol. The van der Waals surface area contributed by atoms with Crippen LogP contribution >= 0.6 is 45.3 Å². The molecular formula is C33H38O4S4. The van der Waals surface area contributed by atoms with E-state index in [1.807, 2.05) is 26.8 Å². The van der Waals surface area contributed by atoms with Crippen molar-refractivity contribution in [1.82, 2.24) is 0 Å². The fraction of sp³-hybridized carbons (Fsp3) is 0.394. The van der Waals surface area contributed by atoms with Gasteiger partial charge in [-0.15, -0.1) is 45.3 Å². The number of hydrogen-bond donors (Lipinski definition) is 0. The Bertz CT molecular complexity index is 1470. The Morgan fingerprint density at radius 3 is 1.90 bits per heavy atom. The normalized spacial score (nSPS) is 11.4. The molecule has 0 radical (unpaired) electrons. The Balaban J connectivity index is 1.81. The van der Waals surface area contributed by atoms with Crippen molar-refractivity contribution in [1.29, 1.82) is 0 Å². The molecule has 0 N–H and O–H groups in total. The van der Waals surface area contributed by atoms with E-state index in [2.05, 4.69) is 48.0 Å². The number of rotatable bonds is 15. The molecule has 218 valence electrons. The molecule has 4 aromatic rings. The van der Waals surface area contributed by atoms with Gasteiger partial charge in [-0.1, -0.05) is 38.3 Å². The molecule has 0 aromatic carbocycles. The van der Waals surface area contributed by atoms with Gasteiger partial charge in [0.1, 0.15) is 0 Å². The van der Waals surface area contributed by atoms with Gasteiger partial charge in [0.05, 0.1) is 30.9 Å². The van der Waals surface area contributed by atoms with Crippen molar-refractivity contribution in [2.75, 3.05) is 13.2 Å². The highest BCUT2D eigenvalue weighted by atomic mass is 32.1. The summed E-state index contributed by atoms with van der Waals surface area (Å²) in [5.74, 6) is -0.476. The molecule has 0 unspecified atom stereocenters. The zero-order valence-electron chi connectivity index (χ0n) is 24.2. The van der Waals surface area contributed by atoms with Crippen molar-refractivity contribution in [2.24, 2.45) is 0 Å². The van der Waals surface area contributed by atoms with Crippen molar-refractivity contribution in [3.05, 3.63) is 63.4 Å². The van der Waals surface area contributed by atoms with Gasteiger partial charge in [0.15, 0.2) is 0 Å². The lowest BCUT2D eigenvalue weighted by atomic mass is 10.0. The molecule has 4 rings (SSSR count). The molecule has 4 aromatic heterocycles. The minimum absolute atomic E-state index is 0.192. The SMILES string of the molecule is C/C=C/c1ccsc1-c1cc(CC(=O)OCC)c(-c2sc(-c3sccc3CCCCCC)cc2CC(=O)OCC)s1. The lowest BCUT2D eigenvalue weighted by Gasteiger charge is -2.06. The van der Waals surface area contributed by atoms with Gasteiger partial charge in [-0.3, -0.25) is 9.59 Å². The first-order chi connectivity index (χ1) is 20.0. The van der Waals surface area contributed by atoms with Crippen molar-refractivity contribution in [2.45, 2.75) is 72.6 Å². The summed E-state index contributed by atoms with van der Waals surface area (Å²) in [4.78, 5) is 32.2. The zero-order valence-corrected chi connectivity index (χ0v) is 27.5. The van der Waals surface area contributed by atoms with Gasteiger partial charge in [-0.05, 0) is 90.9 Å². The molecule has 0 fully saturated rings. The molecule has 41 heavy (non-hydrogen) atoms. The molecule has 0 aliphatic carbocycles. The molecule has 0 atom stereocenters. The van der Waals surface area contributed by atoms with Crippen molar-refractivity contribution < 1.29 is 19.1 Å². The second-order valence-corrected chi connectivity index (χ2v) is 13.6. The van der Waals surface area contributed by atoms with Gasteiger partial charge < -0.3 is 9.47 Å². The van der Waals surface area contributed by atoms with Crippen molar-refractivity contribution >= 4 is 63.4 Å². The maximum absolute atomic E-state index is 12.7. The Morgan fingerprint density at radius 2 is 1.32 bits per heavy atom. The largest absolute Gasteiger partial charge is 0.466 e. The van der Waals surface area contributed by atoms with Crippen LogP contribution in [-0.4, -0.2) is 25.2 Å². The first-order valence-corrected chi connectivity index (χ1v) is 17.7. The summed E-state index contributed by atoms with van der Waals surface area (Å²) in [6.07, 6.45) is 10.5. The first kappa shape index (κ1) is 31.4. The number of ether oxygens (including phenoxy) is 2. The standard InChI is InChI=1S/C33H38O4S4/c1-5-9-10-11-13-23-15-17-39-31(23)27-19-25(21-29(35)37-8-4)33(41-27)32-24(20-28(34)36-7-3)18-26(40-32)30-22(12-6-2)14-16-38-30/h6,12,14-19H,5,7-11,13,20-21H2,1-4H3/b12-6+. The third kappa shape index (κ3) is 8.07. The smallest absolute Gasteiger partial charge is 0.310 e. The lowest BCUT2D eigenvalue weighted by molar-refractivity contribution is -0.143. The van der Waals surface area contributed by atoms with E-state index in [9.17, 15) is 9.59 Å². The maximum atomic E-state index is 12.7. The summed E-state index contributed by atoms with van der Waals surface area (Å²) in [7, 11) is 0. The van der Waals surface area contributed by atoms with Crippen LogP contribution in [0.3, 0.4) is 0 Å². The van der Waals surface area contributed by atoms with E-state index in [-0.39, 0.29) is 24.8 Å². The summed E-state index contributed by atoms with van der Waals surface area (Å²) in [5.41, 5.74) is 4.42. The molecule has 0 saturated heterocycles. The molecule has 0 aliphatic rings. The second kappa shape index (κ2) is 15.6. The van der Waals surface area contributed by atoms with Crippen LogP contribution in [0.2, 0.25) is 0 Å². The highest BCUT2D eigenvalue weighted by Crippen LogP contribution is 2.48. The zero-order chi connectivity index (χ0) is 29.2. The van der Waals surface area contributed by atoms with Crippen LogP contribution in [-0.2, 0) is 38.3 Å². The molecule has 0 amide bonds. The highest BCUT2D eigenvalue weighted by molar-refractivity contribution is 7.28. The minimum Gasteiger partial charge on any atom is -0.466 e. The van der Waals surface area contributed by atoms with E-state index in [1.54, 1.807) is 45.3 Å². The number of carbonyl (C=O) groups is 2. The number of aryl methyl sites for hydroxylation is 1. The van der Waals surface area contributed by atoms with E-state index < -0.39 is 0 Å². The van der Waals surface area contributed by atoms with Gasteiger partial charge in [-0.2, -0.15) is 0 Å². The van der Waals surface area contributed by atoms with Gasteiger partial charge in [0.25, 0.3) is 0 Å². The quantitative estimate of drug-likeness (QED) is 0.0973. The third-order valence-corrected chi connectivity index (χ3v) is 11.4. The fourth-order valence-corrected chi connectivity index (χ4v) is 9.48. The van der Waals surface area contributed by atoms with E-state index in [4.69, 9.17) is 9.47 Å². The van der Waals surface area contributed by atoms with E-state index in [0.717, 1.165) is 37.7 Å². The molecule has 0 spiro atoms. The van der Waals surface area contributed by atoms with E-state index >= 15 is 0 Å². The average molecular weight is 627 g/mol. The first-order valence-electron chi connectivity index (χ1n) is 14.3. The molecule has 0 aliphatic heterocycles. The summed E-state index contributed by atoms with van der Waals surface area (Å²) in [5, 5.41) is 4.27. The van der Waals surface area contributed by atoms with Crippen LogP contribution in [0, 0.1) is 0 Å². The lowest BCUT2D eigenvalue weighted by Crippen LogP contribution is -2.08. The summed E-state index contributed by atoms with van der Waals surface area (Å²) >= 11 is 6.87. The van der Waals surface area contributed by atoms with Crippen LogP contribution in [0.5, 0.6) is 0 Å². The number of hydrogen-bond acceptors (Lipinski definition) is 8.